The maximum absolute atomic E-state index is 9.30. The van der Waals surface area contributed by atoms with E-state index in [1.54, 1.807) is 0 Å². The van der Waals surface area contributed by atoms with Crippen molar-refractivity contribution < 1.29 is 9.79 Å². The highest BCUT2D eigenvalue weighted by atomic mass is 31.2. The molecule has 0 heterocycles. The molecule has 2 aromatic carbocycles. The van der Waals surface area contributed by atoms with Crippen LogP contribution in [0.4, 0.5) is 0 Å². The summed E-state index contributed by atoms with van der Waals surface area (Å²) in [5.74, 6) is 0. The molecule has 0 aromatic heterocycles. The van der Waals surface area contributed by atoms with Crippen molar-refractivity contribution in [2.24, 2.45) is 0 Å². The smallest absolute Gasteiger partial charge is 0.116 e. The van der Waals surface area contributed by atoms with Gasteiger partial charge in [0.25, 0.3) is 0 Å². The molecule has 15 heavy (non-hydrogen) atoms. The van der Waals surface area contributed by atoms with Gasteiger partial charge in [0.2, 0.25) is 0 Å². The summed E-state index contributed by atoms with van der Waals surface area (Å²) in [7, 11) is -2.97. The lowest BCUT2D eigenvalue weighted by Crippen LogP contribution is -1.87. The third kappa shape index (κ3) is 2.69. The largest absolute Gasteiger partial charge is 0.353 e. The predicted molar refractivity (Wildman–Crippen MR) is 66.1 cm³/mol. The Kier molecular flexibility index (Phi) is 2.66. The first-order valence-corrected chi connectivity index (χ1v) is 6.77. The fraction of sp³-hybridized carbons (Fsp3) is 0.0833. The molecule has 2 rings (SSSR count). The van der Waals surface area contributed by atoms with E-state index in [2.05, 4.69) is 6.30 Å². The fourth-order valence-electron chi connectivity index (χ4n) is 1.63. The summed E-state index contributed by atoms with van der Waals surface area (Å²) >= 11 is 0. The summed E-state index contributed by atoms with van der Waals surface area (Å²) in [6.45, 7) is 0. The zero-order valence-corrected chi connectivity index (χ0v) is 9.19. The lowest BCUT2D eigenvalue weighted by molar-refractivity contribution is 0.475. The van der Waals surface area contributed by atoms with Crippen molar-refractivity contribution in [1.29, 1.82) is 0 Å². The second-order valence-corrected chi connectivity index (χ2v) is 5.79. The van der Waals surface area contributed by atoms with Gasteiger partial charge >= 0.3 is 0 Å². The summed E-state index contributed by atoms with van der Waals surface area (Å²) in [4.78, 5) is 18.6. The first kappa shape index (κ1) is 10.4. The molecular weight excluding hydrogens is 207 g/mol. The van der Waals surface area contributed by atoms with E-state index in [4.69, 9.17) is 0 Å². The molecule has 0 aliphatic carbocycles. The molecule has 0 unspecified atom stereocenters. The molecule has 78 valence electrons. The van der Waals surface area contributed by atoms with Crippen LogP contribution in [-0.4, -0.2) is 16.1 Å². The van der Waals surface area contributed by atoms with Crippen LogP contribution in [0.3, 0.4) is 0 Å². The molecule has 2 aromatic rings. The molecule has 3 heteroatoms. The van der Waals surface area contributed by atoms with E-state index in [9.17, 15) is 9.79 Å². The normalized spacial score (nSPS) is 11.9. The molecule has 0 saturated carbocycles. The predicted octanol–water partition coefficient (Wildman–Crippen LogP) is 2.60. The number of benzene rings is 2. The van der Waals surface area contributed by atoms with Crippen molar-refractivity contribution >= 4 is 24.4 Å². The molecule has 2 nitrogen and oxygen atoms in total. The van der Waals surface area contributed by atoms with E-state index in [0.29, 0.717) is 0 Å². The SMILES string of the molecule is C=P(O)(O)Cc1ccc2ccccc2c1. The molecule has 0 radical (unpaired) electrons. The van der Waals surface area contributed by atoms with Crippen LogP contribution in [0.1, 0.15) is 5.56 Å². The topological polar surface area (TPSA) is 40.5 Å². The van der Waals surface area contributed by atoms with Gasteiger partial charge in [-0.15, -0.1) is 0 Å². The van der Waals surface area contributed by atoms with Gasteiger partial charge in [-0.25, -0.2) is 0 Å². The van der Waals surface area contributed by atoms with Gasteiger partial charge in [0, 0.05) is 6.16 Å². The van der Waals surface area contributed by atoms with Crippen LogP contribution < -0.4 is 0 Å². The number of rotatable bonds is 2. The second-order valence-electron chi connectivity index (χ2n) is 3.72. The van der Waals surface area contributed by atoms with Crippen LogP contribution in [0.2, 0.25) is 0 Å². The Morgan fingerprint density at radius 2 is 1.67 bits per heavy atom. The molecule has 0 aliphatic heterocycles. The van der Waals surface area contributed by atoms with Crippen molar-refractivity contribution in [2.75, 3.05) is 0 Å². The van der Waals surface area contributed by atoms with E-state index in [0.717, 1.165) is 16.3 Å². The van der Waals surface area contributed by atoms with E-state index in [1.807, 2.05) is 42.5 Å². The fourth-order valence-corrected chi connectivity index (χ4v) is 2.41. The van der Waals surface area contributed by atoms with Crippen LogP contribution in [0.15, 0.2) is 42.5 Å². The zero-order valence-electron chi connectivity index (χ0n) is 8.30. The minimum Gasteiger partial charge on any atom is -0.353 e. The van der Waals surface area contributed by atoms with Gasteiger partial charge in [-0.3, -0.25) is 0 Å². The number of hydrogen-bond donors (Lipinski definition) is 2. The Hall–Kier alpha value is -1.08. The molecular formula is C12H13O2P. The third-order valence-corrected chi connectivity index (χ3v) is 3.12. The van der Waals surface area contributed by atoms with Gasteiger partial charge in [0.15, 0.2) is 0 Å². The summed E-state index contributed by atoms with van der Waals surface area (Å²) in [5, 5.41) is 2.27. The number of fused-ring (bicyclic) bond motifs is 1. The van der Waals surface area contributed by atoms with Crippen molar-refractivity contribution in [3.63, 3.8) is 0 Å². The number of hydrogen-bond acceptors (Lipinski definition) is 2. The molecule has 0 saturated heterocycles. The highest BCUT2D eigenvalue weighted by Gasteiger charge is 2.06. The van der Waals surface area contributed by atoms with Gasteiger partial charge in [-0.2, -0.15) is 0 Å². The van der Waals surface area contributed by atoms with Gasteiger partial charge in [-0.1, -0.05) is 48.8 Å². The van der Waals surface area contributed by atoms with Crippen LogP contribution in [0.5, 0.6) is 0 Å². The second kappa shape index (κ2) is 3.82. The molecule has 0 atom stereocenters. The maximum atomic E-state index is 9.30. The lowest BCUT2D eigenvalue weighted by Gasteiger charge is -2.10. The Bertz CT molecular complexity index is 528. The minimum absolute atomic E-state index is 0.248. The quantitative estimate of drug-likeness (QED) is 0.764. The average molecular weight is 220 g/mol. The van der Waals surface area contributed by atoms with Crippen LogP contribution in [0, 0.1) is 0 Å². The Balaban J connectivity index is 2.43. The van der Waals surface area contributed by atoms with Crippen molar-refractivity contribution in [3.05, 3.63) is 48.0 Å². The van der Waals surface area contributed by atoms with E-state index in [-0.39, 0.29) is 6.16 Å². The van der Waals surface area contributed by atoms with E-state index >= 15 is 0 Å². The van der Waals surface area contributed by atoms with Crippen LogP contribution in [0.25, 0.3) is 10.8 Å². The molecule has 0 bridgehead atoms. The highest BCUT2D eigenvalue weighted by molar-refractivity contribution is 7.61. The van der Waals surface area contributed by atoms with Gasteiger partial charge in [0.05, 0.1) is 0 Å². The third-order valence-electron chi connectivity index (χ3n) is 2.25. The first-order chi connectivity index (χ1) is 7.04. The summed E-state index contributed by atoms with van der Waals surface area (Å²) in [6.07, 6.45) is 3.62. The van der Waals surface area contributed by atoms with Crippen molar-refractivity contribution in [3.8, 4) is 0 Å². The molecule has 0 amide bonds. The molecule has 0 spiro atoms. The highest BCUT2D eigenvalue weighted by Crippen LogP contribution is 2.38. The maximum Gasteiger partial charge on any atom is 0.116 e. The van der Waals surface area contributed by atoms with Crippen LogP contribution in [-0.2, 0) is 6.16 Å². The van der Waals surface area contributed by atoms with Crippen LogP contribution >= 0.6 is 7.34 Å². The molecule has 0 aliphatic rings. The van der Waals surface area contributed by atoms with Crippen molar-refractivity contribution in [1.82, 2.24) is 0 Å². The standard InChI is InChI=1S/C12H13O2P/c1-15(13,14)9-10-6-7-11-4-2-3-5-12(11)8-10/h2-8,13-14H,1,9H2. The summed E-state index contributed by atoms with van der Waals surface area (Å²) < 4.78 is 0. The van der Waals surface area contributed by atoms with E-state index in [1.165, 1.54) is 0 Å². The Labute approximate surface area is 88.9 Å². The van der Waals surface area contributed by atoms with Gasteiger partial charge in [0.1, 0.15) is 7.34 Å². The summed E-state index contributed by atoms with van der Waals surface area (Å²) in [5.41, 5.74) is 0.919. The molecule has 0 fully saturated rings. The Morgan fingerprint density at radius 3 is 2.33 bits per heavy atom. The van der Waals surface area contributed by atoms with Crippen molar-refractivity contribution in [2.45, 2.75) is 6.16 Å². The first-order valence-electron chi connectivity index (χ1n) is 4.70. The van der Waals surface area contributed by atoms with Gasteiger partial charge < -0.3 is 9.79 Å². The minimum atomic E-state index is -2.97. The summed E-state index contributed by atoms with van der Waals surface area (Å²) in [6, 6.07) is 13.9. The van der Waals surface area contributed by atoms with E-state index < -0.39 is 7.34 Å². The molecule has 2 N–H and O–H groups in total. The Morgan fingerprint density at radius 1 is 1.00 bits per heavy atom. The lowest BCUT2D eigenvalue weighted by atomic mass is 10.1. The van der Waals surface area contributed by atoms with Gasteiger partial charge in [-0.05, 0) is 16.3 Å². The monoisotopic (exact) mass is 220 g/mol. The average Bonchev–Trinajstić information content (AvgIpc) is 2.15. The zero-order chi connectivity index (χ0) is 10.9.